The van der Waals surface area contributed by atoms with E-state index in [0.29, 0.717) is 0 Å². The van der Waals surface area contributed by atoms with E-state index in [1.54, 1.807) is 0 Å². The van der Waals surface area contributed by atoms with Gasteiger partial charge in [-0.2, -0.15) is 0 Å². The first-order valence-corrected chi connectivity index (χ1v) is 20.7. The van der Waals surface area contributed by atoms with Gasteiger partial charge in [0.1, 0.15) is 11.5 Å². The van der Waals surface area contributed by atoms with Gasteiger partial charge < -0.3 is 14.5 Å². The van der Waals surface area contributed by atoms with E-state index in [2.05, 4.69) is 252 Å². The van der Waals surface area contributed by atoms with Crippen LogP contribution in [0.3, 0.4) is 0 Å². The third-order valence-corrected chi connectivity index (χ3v) is 11.6. The smallest absolute Gasteiger partial charge is 0.143 e. The number of nitrogens with zero attached hydrogens (tertiary/aromatic N) is 2. The molecule has 11 rings (SSSR count). The molecule has 0 amide bonds. The molecule has 0 saturated heterocycles. The standard InChI is InChI=1S/C58H40N2O/c1-5-16-47(17-6-1)59(48-18-7-2-8-19-48)51-35-31-42(32-36-51)41-27-29-43(30-28-41)46-39-45-15-13-25-54-55-26-14-24-53(58(55)61-56(40-46)57(45)54)44-33-37-52(38-34-44)60(49-20-9-3-10-21-49)50-22-11-4-12-23-50/h1-40H. The number of hydrogen-bond donors (Lipinski definition) is 0. The van der Waals surface area contributed by atoms with Crippen LogP contribution in [0, 0.1) is 0 Å². The molecule has 3 heteroatoms. The minimum Gasteiger partial charge on any atom is -0.455 e. The molecule has 0 atom stereocenters. The van der Waals surface area contributed by atoms with Gasteiger partial charge in [-0.15, -0.1) is 0 Å². The molecule has 1 heterocycles. The van der Waals surface area contributed by atoms with Crippen LogP contribution >= 0.6 is 0 Å². The molecule has 0 spiro atoms. The Morgan fingerprint density at radius 3 is 1.13 bits per heavy atom. The summed E-state index contributed by atoms with van der Waals surface area (Å²) in [6.07, 6.45) is 0. The van der Waals surface area contributed by atoms with E-state index < -0.39 is 0 Å². The highest BCUT2D eigenvalue weighted by atomic mass is 16.5. The van der Waals surface area contributed by atoms with Gasteiger partial charge in [-0.25, -0.2) is 0 Å². The summed E-state index contributed by atoms with van der Waals surface area (Å²) >= 11 is 0. The Morgan fingerprint density at radius 2 is 0.639 bits per heavy atom. The molecule has 1 aliphatic heterocycles. The van der Waals surface area contributed by atoms with Gasteiger partial charge in [0.05, 0.1) is 0 Å². The van der Waals surface area contributed by atoms with E-state index in [9.17, 15) is 0 Å². The molecule has 10 aromatic rings. The molecule has 0 saturated carbocycles. The molecule has 0 aromatic heterocycles. The zero-order valence-electron chi connectivity index (χ0n) is 33.4. The zero-order valence-corrected chi connectivity index (χ0v) is 33.4. The van der Waals surface area contributed by atoms with Crippen molar-refractivity contribution in [2.45, 2.75) is 0 Å². The lowest BCUT2D eigenvalue weighted by Crippen LogP contribution is -2.09. The van der Waals surface area contributed by atoms with E-state index in [0.717, 1.165) is 84.2 Å². The Labute approximate surface area is 356 Å². The first kappa shape index (κ1) is 36.0. The lowest BCUT2D eigenvalue weighted by Gasteiger charge is -2.26. The van der Waals surface area contributed by atoms with Crippen LogP contribution in [0.2, 0.25) is 0 Å². The summed E-state index contributed by atoms with van der Waals surface area (Å²) < 4.78 is 6.99. The number of anilines is 6. The second-order valence-electron chi connectivity index (χ2n) is 15.3. The first-order valence-electron chi connectivity index (χ1n) is 20.7. The topological polar surface area (TPSA) is 15.7 Å². The number of fused-ring (bicyclic) bond motifs is 2. The van der Waals surface area contributed by atoms with Gasteiger partial charge in [-0.1, -0.05) is 158 Å². The second kappa shape index (κ2) is 15.6. The van der Waals surface area contributed by atoms with Crippen LogP contribution in [0.5, 0.6) is 11.5 Å². The van der Waals surface area contributed by atoms with Crippen LogP contribution in [0.25, 0.3) is 55.3 Å². The fraction of sp³-hybridized carbons (Fsp3) is 0. The van der Waals surface area contributed by atoms with Crippen molar-refractivity contribution in [3.8, 4) is 56.0 Å². The maximum atomic E-state index is 6.99. The van der Waals surface area contributed by atoms with Crippen molar-refractivity contribution in [2.75, 3.05) is 9.80 Å². The molecule has 0 bridgehead atoms. The van der Waals surface area contributed by atoms with E-state index in [1.807, 2.05) is 0 Å². The van der Waals surface area contributed by atoms with Gasteiger partial charge in [-0.05, 0) is 124 Å². The number of ether oxygens (including phenoxy) is 1. The van der Waals surface area contributed by atoms with Crippen LogP contribution < -0.4 is 14.5 Å². The summed E-state index contributed by atoms with van der Waals surface area (Å²) in [5.41, 5.74) is 15.7. The third kappa shape index (κ3) is 6.78. The monoisotopic (exact) mass is 780 g/mol. The van der Waals surface area contributed by atoms with Gasteiger partial charge in [0.2, 0.25) is 0 Å². The van der Waals surface area contributed by atoms with Crippen LogP contribution in [0.15, 0.2) is 243 Å². The van der Waals surface area contributed by atoms with Gasteiger partial charge in [-0.3, -0.25) is 0 Å². The minimum absolute atomic E-state index is 0.875. The lowest BCUT2D eigenvalue weighted by molar-refractivity contribution is 0.489. The van der Waals surface area contributed by atoms with Gasteiger partial charge >= 0.3 is 0 Å². The average Bonchev–Trinajstić information content (AvgIpc) is 3.33. The third-order valence-electron chi connectivity index (χ3n) is 11.6. The quantitative estimate of drug-likeness (QED) is 0.145. The maximum absolute atomic E-state index is 6.99. The average molecular weight is 781 g/mol. The summed E-state index contributed by atoms with van der Waals surface area (Å²) in [6, 6.07) is 86.1. The fourth-order valence-corrected chi connectivity index (χ4v) is 8.71. The van der Waals surface area contributed by atoms with E-state index >= 15 is 0 Å². The molecule has 3 nitrogen and oxygen atoms in total. The summed E-state index contributed by atoms with van der Waals surface area (Å²) in [4.78, 5) is 4.57. The number of para-hydroxylation sites is 5. The van der Waals surface area contributed by atoms with E-state index in [-0.39, 0.29) is 0 Å². The molecule has 0 aliphatic carbocycles. The van der Waals surface area contributed by atoms with E-state index in [4.69, 9.17) is 4.74 Å². The molecule has 1 aliphatic rings. The van der Waals surface area contributed by atoms with Gasteiger partial charge in [0, 0.05) is 50.6 Å². The van der Waals surface area contributed by atoms with Crippen LogP contribution in [-0.2, 0) is 0 Å². The highest BCUT2D eigenvalue weighted by Gasteiger charge is 2.24. The summed E-state index contributed by atoms with van der Waals surface area (Å²) in [5.74, 6) is 1.76. The number of hydrogen-bond acceptors (Lipinski definition) is 3. The van der Waals surface area contributed by atoms with Crippen LogP contribution in [-0.4, -0.2) is 0 Å². The molecule has 10 aromatic carbocycles. The van der Waals surface area contributed by atoms with Crippen molar-refractivity contribution in [1.82, 2.24) is 0 Å². The SMILES string of the molecule is c1ccc(N(c2ccccc2)c2ccc(-c3ccc(-c4cc5c6c(cccc6c4)-c4cccc(-c6ccc(N(c7ccccc7)c7ccccc7)cc6)c4O5)cc3)cc2)cc1. The highest BCUT2D eigenvalue weighted by molar-refractivity contribution is 6.07. The fourth-order valence-electron chi connectivity index (χ4n) is 8.71. The lowest BCUT2D eigenvalue weighted by atomic mass is 9.89. The molecule has 61 heavy (non-hydrogen) atoms. The molecule has 0 N–H and O–H groups in total. The summed E-state index contributed by atoms with van der Waals surface area (Å²) in [7, 11) is 0. The molecule has 0 radical (unpaired) electrons. The van der Waals surface area contributed by atoms with Crippen molar-refractivity contribution in [3.05, 3.63) is 243 Å². The first-order chi connectivity index (χ1) is 30.2. The van der Waals surface area contributed by atoms with Crippen molar-refractivity contribution in [2.24, 2.45) is 0 Å². The molecular weight excluding hydrogens is 741 g/mol. The van der Waals surface area contributed by atoms with Gasteiger partial charge in [0.15, 0.2) is 0 Å². The second-order valence-corrected chi connectivity index (χ2v) is 15.3. The van der Waals surface area contributed by atoms with Crippen molar-refractivity contribution < 1.29 is 4.74 Å². The Morgan fingerprint density at radius 1 is 0.262 bits per heavy atom. The van der Waals surface area contributed by atoms with Crippen molar-refractivity contribution >= 4 is 44.9 Å². The van der Waals surface area contributed by atoms with Crippen molar-refractivity contribution in [1.29, 1.82) is 0 Å². The van der Waals surface area contributed by atoms with Crippen molar-refractivity contribution in [3.63, 3.8) is 0 Å². The van der Waals surface area contributed by atoms with E-state index in [1.165, 1.54) is 16.7 Å². The predicted molar refractivity (Wildman–Crippen MR) is 255 cm³/mol. The number of rotatable bonds is 9. The predicted octanol–water partition coefficient (Wildman–Crippen LogP) is 16.6. The zero-order chi connectivity index (χ0) is 40.5. The summed E-state index contributed by atoms with van der Waals surface area (Å²) in [6.45, 7) is 0. The molecule has 0 fully saturated rings. The molecular formula is C58H40N2O. The van der Waals surface area contributed by atoms with Gasteiger partial charge in [0.25, 0.3) is 0 Å². The Hall–Kier alpha value is -8.14. The Kier molecular flexibility index (Phi) is 9.18. The normalized spacial score (nSPS) is 11.4. The largest absolute Gasteiger partial charge is 0.455 e. The maximum Gasteiger partial charge on any atom is 0.143 e. The Balaban J connectivity index is 0.894. The highest BCUT2D eigenvalue weighted by Crippen LogP contribution is 2.51. The van der Waals surface area contributed by atoms with Crippen LogP contribution in [0.4, 0.5) is 34.1 Å². The van der Waals surface area contributed by atoms with Crippen LogP contribution in [0.1, 0.15) is 0 Å². The molecule has 288 valence electrons. The summed E-state index contributed by atoms with van der Waals surface area (Å²) in [5, 5.41) is 2.30. The molecule has 0 unspecified atom stereocenters. The minimum atomic E-state index is 0.875. The Bertz CT molecular complexity index is 3030. The number of benzene rings is 10.